The minimum atomic E-state index is 0.0734. The molecule has 0 heterocycles. The third-order valence-corrected chi connectivity index (χ3v) is 5.38. The Bertz CT molecular complexity index is 213. The van der Waals surface area contributed by atoms with Crippen LogP contribution in [0.4, 0.5) is 0 Å². The molecular weight excluding hydrogens is 204 g/mol. The molecule has 0 aromatic rings. The minimum absolute atomic E-state index is 0.0734. The Balaban J connectivity index is 2.93. The zero-order valence-electron chi connectivity index (χ0n) is 10.9. The molecule has 1 N–H and O–H groups in total. The van der Waals surface area contributed by atoms with E-state index in [2.05, 4.69) is 38.2 Å². The molecule has 2 unspecified atom stereocenters. The summed E-state index contributed by atoms with van der Waals surface area (Å²) >= 11 is 0. The lowest BCUT2D eigenvalue weighted by atomic mass is 10.0. The minimum Gasteiger partial charge on any atom is -0.377 e. The Morgan fingerprint density at radius 2 is 2.00 bits per heavy atom. The maximum atomic E-state index is 6.08. The fourth-order valence-corrected chi connectivity index (χ4v) is 4.60. The Morgan fingerprint density at radius 1 is 1.33 bits per heavy atom. The Kier molecular flexibility index (Phi) is 4.35. The Labute approximate surface area is 97.0 Å². The van der Waals surface area contributed by atoms with Crippen molar-refractivity contribution in [1.29, 1.82) is 0 Å². The van der Waals surface area contributed by atoms with Crippen LogP contribution < -0.4 is 5.32 Å². The highest BCUT2D eigenvalue weighted by molar-refractivity contribution is 6.15. The average Bonchev–Trinajstić information content (AvgIpc) is 2.46. The zero-order chi connectivity index (χ0) is 11.5. The van der Waals surface area contributed by atoms with Crippen LogP contribution in [0.15, 0.2) is 0 Å². The van der Waals surface area contributed by atoms with Crippen LogP contribution in [0, 0.1) is 0 Å². The molecule has 0 saturated heterocycles. The summed E-state index contributed by atoms with van der Waals surface area (Å²) in [5.74, 6) is 0. The van der Waals surface area contributed by atoms with Crippen LogP contribution in [0.5, 0.6) is 0 Å². The van der Waals surface area contributed by atoms with Gasteiger partial charge in [0.05, 0.1) is 10.9 Å². The number of nitrogens with zero attached hydrogens (tertiary/aromatic N) is 1. The second-order valence-corrected chi connectivity index (χ2v) is 6.42. The maximum absolute atomic E-state index is 6.08. The lowest BCUT2D eigenvalue weighted by molar-refractivity contribution is -0.0818. The fraction of sp³-hybridized carbons (Fsp3) is 1.00. The Hall–Kier alpha value is 0.0969. The molecule has 15 heavy (non-hydrogen) atoms. The maximum Gasteiger partial charge on any atom is 0.0963 e. The van der Waals surface area contributed by atoms with E-state index in [4.69, 9.17) is 4.74 Å². The monoisotopic (exact) mass is 230 g/mol. The van der Waals surface area contributed by atoms with Gasteiger partial charge in [0.25, 0.3) is 0 Å². The molecule has 0 aromatic carbocycles. The second-order valence-electron chi connectivity index (χ2n) is 4.80. The molecule has 4 heteroatoms. The van der Waals surface area contributed by atoms with E-state index in [0.29, 0.717) is 0 Å². The van der Waals surface area contributed by atoms with Gasteiger partial charge in [-0.15, -0.1) is 0 Å². The molecule has 1 saturated carbocycles. The molecule has 0 aliphatic heterocycles. The predicted octanol–water partition coefficient (Wildman–Crippen LogP) is 0.136. The van der Waals surface area contributed by atoms with Gasteiger partial charge in [0, 0.05) is 16.8 Å². The van der Waals surface area contributed by atoms with Crippen LogP contribution in [-0.2, 0) is 4.74 Å². The van der Waals surface area contributed by atoms with Crippen molar-refractivity contribution in [3.63, 3.8) is 0 Å². The quantitative estimate of drug-likeness (QED) is 0.537. The van der Waals surface area contributed by atoms with Crippen LogP contribution in [0.1, 0.15) is 33.1 Å². The van der Waals surface area contributed by atoms with Crippen LogP contribution in [-0.4, -0.2) is 53.3 Å². The SMILES string of the molecule is CCNC1(N(C)C)CCCC1([SiH3])OCC. The number of rotatable bonds is 5. The first-order valence-electron chi connectivity index (χ1n) is 6.09. The van der Waals surface area contributed by atoms with Gasteiger partial charge in [-0.3, -0.25) is 10.2 Å². The van der Waals surface area contributed by atoms with Gasteiger partial charge in [-0.05, 0) is 46.8 Å². The van der Waals surface area contributed by atoms with Crippen molar-refractivity contribution in [2.75, 3.05) is 27.2 Å². The van der Waals surface area contributed by atoms with Gasteiger partial charge < -0.3 is 4.74 Å². The molecule has 0 bridgehead atoms. The molecule has 90 valence electrons. The van der Waals surface area contributed by atoms with Crippen molar-refractivity contribution in [1.82, 2.24) is 10.2 Å². The predicted molar refractivity (Wildman–Crippen MR) is 68.2 cm³/mol. The second kappa shape index (κ2) is 4.95. The number of hydrogen-bond acceptors (Lipinski definition) is 3. The van der Waals surface area contributed by atoms with Crippen molar-refractivity contribution in [2.24, 2.45) is 0 Å². The summed E-state index contributed by atoms with van der Waals surface area (Å²) in [5.41, 5.74) is 0.0734. The van der Waals surface area contributed by atoms with Crippen molar-refractivity contribution >= 4 is 10.2 Å². The fourth-order valence-electron chi connectivity index (χ4n) is 3.09. The van der Waals surface area contributed by atoms with Crippen LogP contribution in [0.25, 0.3) is 0 Å². The van der Waals surface area contributed by atoms with Crippen molar-refractivity contribution < 1.29 is 4.74 Å². The van der Waals surface area contributed by atoms with E-state index in [-0.39, 0.29) is 10.9 Å². The third kappa shape index (κ3) is 2.13. The highest BCUT2D eigenvalue weighted by atomic mass is 28.1. The molecule has 1 aliphatic carbocycles. The third-order valence-electron chi connectivity index (χ3n) is 3.76. The van der Waals surface area contributed by atoms with E-state index in [0.717, 1.165) is 23.4 Å². The molecule has 0 radical (unpaired) electrons. The van der Waals surface area contributed by atoms with Gasteiger partial charge in [0.15, 0.2) is 0 Å². The molecule has 3 nitrogen and oxygen atoms in total. The molecule has 1 aliphatic rings. The summed E-state index contributed by atoms with van der Waals surface area (Å²) in [6.07, 6.45) is 3.68. The lowest BCUT2D eigenvalue weighted by Gasteiger charge is -2.48. The summed E-state index contributed by atoms with van der Waals surface area (Å²) in [5, 5.41) is 3.75. The summed E-state index contributed by atoms with van der Waals surface area (Å²) in [4.78, 5) is 2.33. The summed E-state index contributed by atoms with van der Waals surface area (Å²) in [6.45, 7) is 6.11. The van der Waals surface area contributed by atoms with Crippen molar-refractivity contribution in [3.8, 4) is 0 Å². The van der Waals surface area contributed by atoms with E-state index >= 15 is 0 Å². The van der Waals surface area contributed by atoms with Crippen molar-refractivity contribution in [2.45, 2.75) is 44.0 Å². The number of ether oxygens (including phenoxy) is 1. The average molecular weight is 230 g/mol. The standard InChI is InChI=1S/C11H26N2OSi/c1-5-12-10(13(3)4)8-7-9-11(10,15)14-6-2/h12H,5-9H2,1-4,15H3. The van der Waals surface area contributed by atoms with Crippen LogP contribution in [0.2, 0.25) is 0 Å². The van der Waals surface area contributed by atoms with E-state index in [1.165, 1.54) is 19.3 Å². The molecule has 1 rings (SSSR count). The number of nitrogens with one attached hydrogen (secondary N) is 1. The first kappa shape index (κ1) is 13.2. The molecule has 0 spiro atoms. The molecular formula is C11H26N2OSi. The van der Waals surface area contributed by atoms with E-state index in [1.54, 1.807) is 0 Å². The molecule has 0 amide bonds. The van der Waals surface area contributed by atoms with Gasteiger partial charge in [0.1, 0.15) is 0 Å². The van der Waals surface area contributed by atoms with E-state index in [9.17, 15) is 0 Å². The first-order chi connectivity index (χ1) is 7.02. The smallest absolute Gasteiger partial charge is 0.0963 e. The lowest BCUT2D eigenvalue weighted by Crippen LogP contribution is -2.68. The summed E-state index contributed by atoms with van der Waals surface area (Å²) < 4.78 is 6.08. The topological polar surface area (TPSA) is 24.5 Å². The summed E-state index contributed by atoms with van der Waals surface area (Å²) in [6, 6.07) is 0. The number of hydrogen-bond donors (Lipinski definition) is 1. The molecule has 0 aromatic heterocycles. The van der Waals surface area contributed by atoms with Gasteiger partial charge >= 0.3 is 0 Å². The van der Waals surface area contributed by atoms with Gasteiger partial charge in [-0.25, -0.2) is 0 Å². The van der Waals surface area contributed by atoms with Crippen LogP contribution >= 0.6 is 0 Å². The summed E-state index contributed by atoms with van der Waals surface area (Å²) in [7, 11) is 5.42. The highest BCUT2D eigenvalue weighted by Crippen LogP contribution is 2.41. The molecule has 1 fully saturated rings. The largest absolute Gasteiger partial charge is 0.377 e. The van der Waals surface area contributed by atoms with Gasteiger partial charge in [-0.2, -0.15) is 0 Å². The Morgan fingerprint density at radius 3 is 2.47 bits per heavy atom. The number of likely N-dealkylation sites (N-methyl/N-ethyl adjacent to an activating group) is 2. The highest BCUT2D eigenvalue weighted by Gasteiger charge is 2.53. The van der Waals surface area contributed by atoms with E-state index in [1.807, 2.05) is 0 Å². The zero-order valence-corrected chi connectivity index (χ0v) is 12.9. The van der Waals surface area contributed by atoms with E-state index < -0.39 is 0 Å². The normalized spacial score (nSPS) is 36.6. The van der Waals surface area contributed by atoms with Gasteiger partial charge in [-0.1, -0.05) is 6.92 Å². The van der Waals surface area contributed by atoms with Gasteiger partial charge in [0.2, 0.25) is 0 Å². The first-order valence-corrected chi connectivity index (χ1v) is 7.09. The van der Waals surface area contributed by atoms with Crippen molar-refractivity contribution in [3.05, 3.63) is 0 Å². The van der Waals surface area contributed by atoms with Crippen LogP contribution in [0.3, 0.4) is 0 Å². The molecule has 2 atom stereocenters.